The van der Waals surface area contributed by atoms with E-state index in [1.54, 1.807) is 23.9 Å². The van der Waals surface area contributed by atoms with E-state index in [-0.39, 0.29) is 6.04 Å². The zero-order valence-electron chi connectivity index (χ0n) is 11.6. The van der Waals surface area contributed by atoms with Crippen molar-refractivity contribution >= 4 is 27.7 Å². The zero-order valence-corrected chi connectivity index (χ0v) is 14.0. The first kappa shape index (κ1) is 16.5. The predicted molar refractivity (Wildman–Crippen MR) is 87.6 cm³/mol. The monoisotopic (exact) mass is 371 g/mol. The smallest absolute Gasteiger partial charge is 0.163 e. The minimum absolute atomic E-state index is 0.227. The number of hydrogen-bond donors (Lipinski definition) is 1. The lowest BCUT2D eigenvalue weighted by Gasteiger charge is -2.19. The van der Waals surface area contributed by atoms with Crippen molar-refractivity contribution in [2.45, 2.75) is 17.9 Å². The Labute approximate surface area is 136 Å². The van der Waals surface area contributed by atoms with Gasteiger partial charge in [0.05, 0.1) is 0 Å². The molecular weight excluding hydrogens is 356 g/mol. The molecule has 1 unspecified atom stereocenters. The number of hydrogen-bond acceptors (Lipinski definition) is 2. The van der Waals surface area contributed by atoms with Gasteiger partial charge in [-0.2, -0.15) is 0 Å². The van der Waals surface area contributed by atoms with E-state index < -0.39 is 11.6 Å². The van der Waals surface area contributed by atoms with Gasteiger partial charge in [-0.1, -0.05) is 41.1 Å². The minimum Gasteiger partial charge on any atom is -0.309 e. The van der Waals surface area contributed by atoms with Crippen LogP contribution in [0.1, 0.15) is 18.5 Å². The second kappa shape index (κ2) is 7.92. The molecule has 2 aromatic carbocycles. The summed E-state index contributed by atoms with van der Waals surface area (Å²) >= 11 is 5.04. The summed E-state index contributed by atoms with van der Waals surface area (Å²) in [5.41, 5.74) is 0.374. The summed E-state index contributed by atoms with van der Waals surface area (Å²) in [7, 11) is 0. The number of nitrogens with one attached hydrogen (secondary N) is 1. The fraction of sp³-hybridized carbons (Fsp3) is 0.250. The maximum atomic E-state index is 13.9. The van der Waals surface area contributed by atoms with Crippen LogP contribution in [0.25, 0.3) is 0 Å². The Kier molecular flexibility index (Phi) is 6.21. The van der Waals surface area contributed by atoms with Gasteiger partial charge in [-0.15, -0.1) is 11.8 Å². The lowest BCUT2D eigenvalue weighted by Crippen LogP contribution is -2.24. The number of thioether (sulfide) groups is 1. The highest BCUT2D eigenvalue weighted by Gasteiger charge is 2.17. The van der Waals surface area contributed by atoms with Crippen molar-refractivity contribution in [1.82, 2.24) is 5.32 Å². The Balaban J connectivity index is 2.14. The maximum Gasteiger partial charge on any atom is 0.163 e. The average molecular weight is 372 g/mol. The third kappa shape index (κ3) is 4.53. The van der Waals surface area contributed by atoms with Crippen molar-refractivity contribution in [1.29, 1.82) is 0 Å². The van der Waals surface area contributed by atoms with Gasteiger partial charge in [-0.05, 0) is 30.8 Å². The van der Waals surface area contributed by atoms with Gasteiger partial charge in [0.15, 0.2) is 11.6 Å². The van der Waals surface area contributed by atoms with Gasteiger partial charge in [-0.3, -0.25) is 0 Å². The highest BCUT2D eigenvalue weighted by molar-refractivity contribution is 9.10. The van der Waals surface area contributed by atoms with E-state index in [4.69, 9.17) is 0 Å². The van der Waals surface area contributed by atoms with Crippen molar-refractivity contribution in [2.24, 2.45) is 0 Å². The third-order valence-corrected chi connectivity index (χ3v) is 4.60. The van der Waals surface area contributed by atoms with Crippen molar-refractivity contribution < 1.29 is 8.78 Å². The van der Waals surface area contributed by atoms with Crippen LogP contribution in [0, 0.1) is 11.6 Å². The van der Waals surface area contributed by atoms with Crippen molar-refractivity contribution in [2.75, 3.05) is 12.3 Å². The first-order valence-electron chi connectivity index (χ1n) is 6.67. The minimum atomic E-state index is -0.803. The Morgan fingerprint density at radius 2 is 1.95 bits per heavy atom. The van der Waals surface area contributed by atoms with Gasteiger partial charge >= 0.3 is 0 Å². The van der Waals surface area contributed by atoms with Gasteiger partial charge in [0.1, 0.15) is 0 Å². The number of rotatable bonds is 6. The van der Waals surface area contributed by atoms with Gasteiger partial charge in [0, 0.05) is 26.7 Å². The molecule has 0 aliphatic rings. The van der Waals surface area contributed by atoms with Crippen LogP contribution < -0.4 is 5.32 Å². The summed E-state index contributed by atoms with van der Waals surface area (Å²) in [4.78, 5) is 1.09. The van der Waals surface area contributed by atoms with Gasteiger partial charge in [0.25, 0.3) is 0 Å². The predicted octanol–water partition coefficient (Wildman–Crippen LogP) is 5.17. The Morgan fingerprint density at radius 1 is 1.19 bits per heavy atom. The van der Waals surface area contributed by atoms with Crippen LogP contribution in [0.4, 0.5) is 8.78 Å². The molecule has 0 aromatic heterocycles. The molecule has 0 amide bonds. The summed E-state index contributed by atoms with van der Waals surface area (Å²) < 4.78 is 28.3. The van der Waals surface area contributed by atoms with Gasteiger partial charge < -0.3 is 5.32 Å². The Hall–Kier alpha value is -0.910. The van der Waals surface area contributed by atoms with Crippen molar-refractivity contribution in [3.05, 3.63) is 64.1 Å². The molecule has 1 atom stereocenters. The second-order valence-corrected chi connectivity index (χ2v) is 6.53. The van der Waals surface area contributed by atoms with E-state index in [2.05, 4.69) is 21.2 Å². The summed E-state index contributed by atoms with van der Waals surface area (Å²) in [6.07, 6.45) is 0. The molecule has 0 saturated heterocycles. The van der Waals surface area contributed by atoms with Crippen molar-refractivity contribution in [3.8, 4) is 0 Å². The van der Waals surface area contributed by atoms with E-state index >= 15 is 0 Å². The van der Waals surface area contributed by atoms with Crippen LogP contribution in [0.3, 0.4) is 0 Å². The summed E-state index contributed by atoms with van der Waals surface area (Å²) in [5.74, 6) is -0.939. The molecule has 0 saturated carbocycles. The second-order valence-electron chi connectivity index (χ2n) is 4.52. The zero-order chi connectivity index (χ0) is 15.2. The lowest BCUT2D eigenvalue weighted by molar-refractivity contribution is 0.478. The summed E-state index contributed by atoms with van der Waals surface area (Å²) in [6, 6.07) is 12.0. The normalized spacial score (nSPS) is 12.4. The fourth-order valence-electron chi connectivity index (χ4n) is 2.03. The quantitative estimate of drug-likeness (QED) is 0.702. The molecule has 0 fully saturated rings. The summed E-state index contributed by atoms with van der Waals surface area (Å²) in [6.45, 7) is 2.65. The van der Waals surface area contributed by atoms with Crippen LogP contribution >= 0.6 is 27.7 Å². The molecule has 1 N–H and O–H groups in total. The third-order valence-electron chi connectivity index (χ3n) is 3.02. The molecule has 0 radical (unpaired) electrons. The topological polar surface area (TPSA) is 12.0 Å². The molecular formula is C16H16BrF2NS. The van der Waals surface area contributed by atoms with Crippen LogP contribution in [0.15, 0.2) is 51.8 Å². The fourth-order valence-corrected chi connectivity index (χ4v) is 3.62. The Morgan fingerprint density at radius 3 is 2.67 bits per heavy atom. The molecule has 0 bridgehead atoms. The van der Waals surface area contributed by atoms with E-state index in [1.165, 1.54) is 0 Å². The van der Waals surface area contributed by atoms with E-state index in [1.807, 2.05) is 31.2 Å². The van der Waals surface area contributed by atoms with Gasteiger partial charge in [-0.25, -0.2) is 8.78 Å². The average Bonchev–Trinajstić information content (AvgIpc) is 2.47. The number of benzene rings is 2. The molecule has 0 aliphatic heterocycles. The van der Waals surface area contributed by atoms with Crippen LogP contribution in [-0.2, 0) is 0 Å². The highest BCUT2D eigenvalue weighted by atomic mass is 79.9. The van der Waals surface area contributed by atoms with Crippen LogP contribution in [0.5, 0.6) is 0 Å². The molecule has 1 nitrogen and oxygen atoms in total. The van der Waals surface area contributed by atoms with Crippen molar-refractivity contribution in [3.63, 3.8) is 0 Å². The first-order chi connectivity index (χ1) is 10.1. The first-order valence-corrected chi connectivity index (χ1v) is 8.45. The van der Waals surface area contributed by atoms with E-state index in [9.17, 15) is 8.78 Å². The van der Waals surface area contributed by atoms with E-state index in [0.717, 1.165) is 15.4 Å². The molecule has 2 aromatic rings. The Bertz CT molecular complexity index is 607. The summed E-state index contributed by atoms with van der Waals surface area (Å²) in [5, 5.41) is 3.21. The standard InChI is InChI=1S/C16H16BrF2NS/c1-2-20-15(13-7-4-8-14(18)16(13)19)10-21-12-6-3-5-11(17)9-12/h3-9,15,20H,2,10H2,1H3. The molecule has 0 spiro atoms. The molecule has 2 rings (SSSR count). The lowest BCUT2D eigenvalue weighted by atomic mass is 10.1. The largest absolute Gasteiger partial charge is 0.309 e. The van der Waals surface area contributed by atoms with Crippen LogP contribution in [0.2, 0.25) is 0 Å². The SMILES string of the molecule is CCNC(CSc1cccc(Br)c1)c1cccc(F)c1F. The highest BCUT2D eigenvalue weighted by Crippen LogP contribution is 2.28. The van der Waals surface area contributed by atoms with Gasteiger partial charge in [0.2, 0.25) is 0 Å². The maximum absolute atomic E-state index is 13.9. The molecule has 0 aliphatic carbocycles. The molecule has 5 heteroatoms. The number of halogens is 3. The molecule has 112 valence electrons. The molecule has 0 heterocycles. The van der Waals surface area contributed by atoms with E-state index in [0.29, 0.717) is 17.9 Å². The molecule has 21 heavy (non-hydrogen) atoms. The van der Waals surface area contributed by atoms with Crippen LogP contribution in [-0.4, -0.2) is 12.3 Å².